The van der Waals surface area contributed by atoms with Crippen LogP contribution < -0.4 is 10.7 Å². The van der Waals surface area contributed by atoms with E-state index in [4.69, 9.17) is 4.74 Å². The Morgan fingerprint density at radius 1 is 1.45 bits per heavy atom. The van der Waals surface area contributed by atoms with Crippen LogP contribution in [0.1, 0.15) is 35.7 Å². The van der Waals surface area contributed by atoms with Gasteiger partial charge < -0.3 is 15.0 Å². The molecule has 0 spiro atoms. The zero-order valence-corrected chi connectivity index (χ0v) is 12.6. The molecule has 2 N–H and O–H groups in total. The first-order chi connectivity index (χ1) is 10.7. The third-order valence-corrected chi connectivity index (χ3v) is 4.14. The van der Waals surface area contributed by atoms with E-state index in [1.165, 1.54) is 6.20 Å². The number of aromatic amines is 1. The molecule has 22 heavy (non-hydrogen) atoms. The van der Waals surface area contributed by atoms with Gasteiger partial charge in [-0.1, -0.05) is 19.1 Å². The van der Waals surface area contributed by atoms with Crippen molar-refractivity contribution in [3.8, 4) is 0 Å². The number of fused-ring (bicyclic) bond motifs is 1. The number of hydrogen-bond donors (Lipinski definition) is 2. The van der Waals surface area contributed by atoms with E-state index in [2.05, 4.69) is 10.3 Å². The lowest BCUT2D eigenvalue weighted by molar-refractivity contribution is 0.0857. The van der Waals surface area contributed by atoms with E-state index in [1.54, 1.807) is 6.07 Å². The Kier molecular flexibility index (Phi) is 4.24. The summed E-state index contributed by atoms with van der Waals surface area (Å²) in [4.78, 5) is 27.9. The van der Waals surface area contributed by atoms with Crippen LogP contribution in [-0.4, -0.2) is 30.1 Å². The molecule has 0 aliphatic carbocycles. The molecule has 1 aliphatic heterocycles. The molecule has 2 heterocycles. The lowest BCUT2D eigenvalue weighted by atomic mass is 10.1. The Morgan fingerprint density at radius 3 is 3.05 bits per heavy atom. The highest BCUT2D eigenvalue weighted by Crippen LogP contribution is 2.15. The summed E-state index contributed by atoms with van der Waals surface area (Å²) in [6.07, 6.45) is 4.38. The molecule has 5 nitrogen and oxygen atoms in total. The molecule has 3 rings (SSSR count). The van der Waals surface area contributed by atoms with Crippen LogP contribution in [0.15, 0.2) is 29.2 Å². The van der Waals surface area contributed by atoms with Crippen LogP contribution in [0.25, 0.3) is 10.9 Å². The van der Waals surface area contributed by atoms with Crippen LogP contribution >= 0.6 is 0 Å². The first-order valence-electron chi connectivity index (χ1n) is 7.73. The predicted molar refractivity (Wildman–Crippen MR) is 85.3 cm³/mol. The lowest BCUT2D eigenvalue weighted by Gasteiger charge is -2.11. The van der Waals surface area contributed by atoms with Gasteiger partial charge in [0.1, 0.15) is 5.56 Å². The Hall–Kier alpha value is -2.14. The minimum Gasteiger partial charge on any atom is -0.376 e. The van der Waals surface area contributed by atoms with Crippen molar-refractivity contribution in [2.75, 3.05) is 13.2 Å². The number of H-pyrrole nitrogens is 1. The second-order valence-electron chi connectivity index (χ2n) is 5.57. The number of aromatic nitrogens is 1. The molecule has 1 atom stereocenters. The summed E-state index contributed by atoms with van der Waals surface area (Å²) in [5.74, 6) is -0.347. The summed E-state index contributed by atoms with van der Waals surface area (Å²) < 4.78 is 5.47. The smallest absolute Gasteiger partial charge is 0.256 e. The van der Waals surface area contributed by atoms with E-state index in [1.807, 2.05) is 19.1 Å². The largest absolute Gasteiger partial charge is 0.376 e. The number of nitrogens with one attached hydrogen (secondary N) is 2. The van der Waals surface area contributed by atoms with Crippen LogP contribution in [0.2, 0.25) is 0 Å². The van der Waals surface area contributed by atoms with Gasteiger partial charge in [-0.05, 0) is 30.9 Å². The van der Waals surface area contributed by atoms with Crippen molar-refractivity contribution >= 4 is 16.8 Å². The number of rotatable bonds is 4. The molecule has 1 aromatic heterocycles. The van der Waals surface area contributed by atoms with Crippen LogP contribution in [0, 0.1) is 0 Å². The van der Waals surface area contributed by atoms with Gasteiger partial charge in [-0.3, -0.25) is 9.59 Å². The maximum Gasteiger partial charge on any atom is 0.256 e. The van der Waals surface area contributed by atoms with Crippen molar-refractivity contribution in [3.63, 3.8) is 0 Å². The van der Waals surface area contributed by atoms with E-state index < -0.39 is 0 Å². The number of pyridine rings is 1. The highest BCUT2D eigenvalue weighted by atomic mass is 16.5. The number of benzene rings is 1. The highest BCUT2D eigenvalue weighted by molar-refractivity contribution is 5.97. The number of amides is 1. The number of carbonyl (C=O) groups excluding carboxylic acids is 1. The molecule has 1 saturated heterocycles. The Bertz CT molecular complexity index is 745. The molecule has 1 aromatic carbocycles. The average Bonchev–Trinajstić information content (AvgIpc) is 3.06. The number of hydrogen-bond acceptors (Lipinski definition) is 3. The number of carbonyl (C=O) groups is 1. The zero-order chi connectivity index (χ0) is 15.5. The zero-order valence-electron chi connectivity index (χ0n) is 12.6. The Morgan fingerprint density at radius 2 is 2.32 bits per heavy atom. The molecule has 0 bridgehead atoms. The standard InChI is InChI=1S/C17H20N2O3/c1-2-11-5-3-7-13-15(11)18-10-14(16(13)20)17(21)19-9-12-6-4-8-22-12/h3,5,7,10,12H,2,4,6,8-9H2,1H3,(H,18,20)(H,19,21). The van der Waals surface area contributed by atoms with Crippen molar-refractivity contribution < 1.29 is 9.53 Å². The molecular formula is C17H20N2O3. The summed E-state index contributed by atoms with van der Waals surface area (Å²) in [6, 6.07) is 5.59. The maximum absolute atomic E-state index is 12.5. The maximum atomic E-state index is 12.5. The van der Waals surface area contributed by atoms with E-state index in [0.717, 1.165) is 36.9 Å². The van der Waals surface area contributed by atoms with E-state index in [-0.39, 0.29) is 23.0 Å². The molecule has 1 amide bonds. The second-order valence-corrected chi connectivity index (χ2v) is 5.57. The molecule has 0 saturated carbocycles. The van der Waals surface area contributed by atoms with E-state index in [9.17, 15) is 9.59 Å². The summed E-state index contributed by atoms with van der Waals surface area (Å²) in [5.41, 5.74) is 1.80. The van der Waals surface area contributed by atoms with Gasteiger partial charge in [-0.25, -0.2) is 0 Å². The van der Waals surface area contributed by atoms with Crippen LogP contribution in [-0.2, 0) is 11.2 Å². The lowest BCUT2D eigenvalue weighted by Crippen LogP contribution is -2.34. The van der Waals surface area contributed by atoms with Crippen molar-refractivity contribution in [2.24, 2.45) is 0 Å². The fourth-order valence-corrected chi connectivity index (χ4v) is 2.89. The van der Waals surface area contributed by atoms with E-state index >= 15 is 0 Å². The molecule has 0 radical (unpaired) electrons. The van der Waals surface area contributed by atoms with Gasteiger partial charge >= 0.3 is 0 Å². The Balaban J connectivity index is 1.86. The molecule has 1 unspecified atom stereocenters. The van der Waals surface area contributed by atoms with Gasteiger partial charge in [0.2, 0.25) is 5.43 Å². The number of ether oxygens (including phenoxy) is 1. The van der Waals surface area contributed by atoms with Gasteiger partial charge in [0, 0.05) is 24.7 Å². The van der Waals surface area contributed by atoms with E-state index in [0.29, 0.717) is 11.9 Å². The predicted octanol–water partition coefficient (Wildman–Crippen LogP) is 2.00. The molecule has 1 fully saturated rings. The van der Waals surface area contributed by atoms with Crippen molar-refractivity contribution in [1.82, 2.24) is 10.3 Å². The summed E-state index contributed by atoms with van der Waals surface area (Å²) in [5, 5.41) is 3.35. The van der Waals surface area contributed by atoms with Crippen molar-refractivity contribution in [1.29, 1.82) is 0 Å². The Labute approximate surface area is 128 Å². The second kappa shape index (κ2) is 6.32. The van der Waals surface area contributed by atoms with Gasteiger partial charge in [0.25, 0.3) is 5.91 Å². The highest BCUT2D eigenvalue weighted by Gasteiger charge is 2.18. The normalized spacial score (nSPS) is 17.8. The summed E-state index contributed by atoms with van der Waals surface area (Å²) in [6.45, 7) is 3.23. The first-order valence-corrected chi connectivity index (χ1v) is 7.73. The van der Waals surface area contributed by atoms with Crippen molar-refractivity contribution in [2.45, 2.75) is 32.3 Å². The molecule has 2 aromatic rings. The van der Waals surface area contributed by atoms with Gasteiger partial charge in [0.15, 0.2) is 0 Å². The monoisotopic (exact) mass is 300 g/mol. The third-order valence-electron chi connectivity index (χ3n) is 4.14. The summed E-state index contributed by atoms with van der Waals surface area (Å²) >= 11 is 0. The number of aryl methyl sites for hydroxylation is 1. The van der Waals surface area contributed by atoms with Gasteiger partial charge in [0.05, 0.1) is 11.6 Å². The number of para-hydroxylation sites is 1. The minimum atomic E-state index is -0.347. The van der Waals surface area contributed by atoms with Gasteiger partial charge in [-0.15, -0.1) is 0 Å². The van der Waals surface area contributed by atoms with Crippen LogP contribution in [0.5, 0.6) is 0 Å². The fourth-order valence-electron chi connectivity index (χ4n) is 2.89. The topological polar surface area (TPSA) is 71.2 Å². The van der Waals surface area contributed by atoms with Crippen molar-refractivity contribution in [3.05, 3.63) is 45.7 Å². The SMILES string of the molecule is CCc1cccc2c(=O)c(C(=O)NCC3CCCO3)c[nH]c12. The average molecular weight is 300 g/mol. The minimum absolute atomic E-state index is 0.0650. The van der Waals surface area contributed by atoms with Crippen LogP contribution in [0.4, 0.5) is 0 Å². The van der Waals surface area contributed by atoms with Gasteiger partial charge in [-0.2, -0.15) is 0 Å². The molecule has 1 aliphatic rings. The van der Waals surface area contributed by atoms with Crippen LogP contribution in [0.3, 0.4) is 0 Å². The molecule has 116 valence electrons. The quantitative estimate of drug-likeness (QED) is 0.907. The molecular weight excluding hydrogens is 280 g/mol. The third kappa shape index (κ3) is 2.76. The molecule has 5 heteroatoms. The summed E-state index contributed by atoms with van der Waals surface area (Å²) in [7, 11) is 0. The first kappa shape index (κ1) is 14.8. The fraction of sp³-hybridized carbons (Fsp3) is 0.412.